The van der Waals surface area contributed by atoms with Crippen molar-refractivity contribution in [2.75, 3.05) is 13.2 Å². The lowest BCUT2D eigenvalue weighted by molar-refractivity contribution is -0.136. The minimum Gasteiger partial charge on any atom is -0.388 e. The molecule has 1 aliphatic carbocycles. The minimum atomic E-state index is -1.91. The van der Waals surface area contributed by atoms with E-state index in [0.717, 1.165) is 11.1 Å². The highest BCUT2D eigenvalue weighted by Gasteiger charge is 2.87. The largest absolute Gasteiger partial charge is 0.388 e. The van der Waals surface area contributed by atoms with Crippen molar-refractivity contribution in [2.45, 2.75) is 50.5 Å². The number of aliphatic hydroxyl groups is 4. The molecule has 0 unspecified atom stereocenters. The maximum Gasteiger partial charge on any atom is 0.133 e. The minimum absolute atomic E-state index is 0.172. The van der Waals surface area contributed by atoms with Crippen LogP contribution in [0, 0.1) is 5.41 Å². The summed E-state index contributed by atoms with van der Waals surface area (Å²) in [6.45, 7) is 3.41. The predicted molar refractivity (Wildman–Crippen MR) is 108 cm³/mol. The van der Waals surface area contributed by atoms with Crippen LogP contribution in [0.25, 0.3) is 0 Å². The lowest BCUT2D eigenvalue weighted by Gasteiger charge is -2.25. The number of ether oxygens (including phenoxy) is 2. The normalized spacial score (nSPS) is 27.4. The molecule has 0 heterocycles. The summed E-state index contributed by atoms with van der Waals surface area (Å²) in [7, 11) is 0. The SMILES string of the molecule is CC1(C)[C@@](O)([C@H](O)COCc2ccccc2)[C@]1(O)[C@H](O)COCc1ccccc1. The topological polar surface area (TPSA) is 99.4 Å². The van der Waals surface area contributed by atoms with Gasteiger partial charge in [-0.2, -0.15) is 0 Å². The molecule has 0 amide bonds. The highest BCUT2D eigenvalue weighted by molar-refractivity contribution is 5.36. The Morgan fingerprint density at radius 1 is 0.690 bits per heavy atom. The molecule has 1 fully saturated rings. The van der Waals surface area contributed by atoms with E-state index in [1.165, 1.54) is 0 Å². The third-order valence-electron chi connectivity index (χ3n) is 6.16. The van der Waals surface area contributed by atoms with Crippen LogP contribution in [0.5, 0.6) is 0 Å². The van der Waals surface area contributed by atoms with Crippen molar-refractivity contribution in [3.63, 3.8) is 0 Å². The van der Waals surface area contributed by atoms with E-state index in [2.05, 4.69) is 0 Å². The fraction of sp³-hybridized carbons (Fsp3) is 0.478. The number of rotatable bonds is 10. The summed E-state index contributed by atoms with van der Waals surface area (Å²) < 4.78 is 11.0. The number of hydrogen-bond donors (Lipinski definition) is 4. The van der Waals surface area contributed by atoms with Crippen molar-refractivity contribution in [3.05, 3.63) is 71.8 Å². The van der Waals surface area contributed by atoms with Gasteiger partial charge in [0.25, 0.3) is 0 Å². The van der Waals surface area contributed by atoms with Crippen LogP contribution < -0.4 is 0 Å². The molecule has 0 radical (unpaired) electrons. The summed E-state index contributed by atoms with van der Waals surface area (Å²) in [5.74, 6) is 0. The van der Waals surface area contributed by atoms with Crippen LogP contribution in [0.15, 0.2) is 60.7 Å². The average Bonchev–Trinajstić information content (AvgIpc) is 3.10. The molecule has 0 bridgehead atoms. The van der Waals surface area contributed by atoms with Gasteiger partial charge < -0.3 is 29.9 Å². The van der Waals surface area contributed by atoms with Crippen molar-refractivity contribution in [1.82, 2.24) is 0 Å². The molecule has 4 N–H and O–H groups in total. The summed E-state index contributed by atoms with van der Waals surface area (Å²) >= 11 is 0. The van der Waals surface area contributed by atoms with Gasteiger partial charge in [-0.05, 0) is 11.1 Å². The van der Waals surface area contributed by atoms with Crippen molar-refractivity contribution in [3.8, 4) is 0 Å². The first kappa shape index (κ1) is 21.9. The van der Waals surface area contributed by atoms with Crippen LogP contribution in [-0.4, -0.2) is 57.0 Å². The summed E-state index contributed by atoms with van der Waals surface area (Å²) in [5, 5.41) is 43.2. The second kappa shape index (κ2) is 8.52. The Balaban J connectivity index is 1.56. The quantitative estimate of drug-likeness (QED) is 0.482. The van der Waals surface area contributed by atoms with Gasteiger partial charge in [0, 0.05) is 5.41 Å². The van der Waals surface area contributed by atoms with Crippen molar-refractivity contribution in [1.29, 1.82) is 0 Å². The van der Waals surface area contributed by atoms with Gasteiger partial charge in [0.05, 0.1) is 26.4 Å². The molecule has 2 aromatic rings. The molecule has 29 heavy (non-hydrogen) atoms. The van der Waals surface area contributed by atoms with Gasteiger partial charge in [-0.15, -0.1) is 0 Å². The van der Waals surface area contributed by atoms with E-state index in [-0.39, 0.29) is 26.4 Å². The standard InChI is InChI=1S/C23H30O6/c1-21(2)22(26,19(24)15-28-13-17-9-5-3-6-10-17)23(21,27)20(25)16-29-14-18-11-7-4-8-12-18/h3-12,19-20,24-27H,13-16H2,1-2H3/t19-,20-,22+,23+/m1/s1. The summed E-state index contributed by atoms with van der Waals surface area (Å²) in [6.07, 6.45) is -2.73. The van der Waals surface area contributed by atoms with E-state index in [4.69, 9.17) is 9.47 Å². The van der Waals surface area contributed by atoms with Gasteiger partial charge in [0.15, 0.2) is 0 Å². The number of hydrogen-bond acceptors (Lipinski definition) is 6. The summed E-state index contributed by atoms with van der Waals surface area (Å²) in [6, 6.07) is 18.9. The van der Waals surface area contributed by atoms with Gasteiger partial charge in [-0.1, -0.05) is 74.5 Å². The van der Waals surface area contributed by atoms with E-state index >= 15 is 0 Å². The zero-order chi connectivity index (χ0) is 21.1. The van der Waals surface area contributed by atoms with E-state index < -0.39 is 28.8 Å². The van der Waals surface area contributed by atoms with Crippen molar-refractivity contribution < 1.29 is 29.9 Å². The highest BCUT2D eigenvalue weighted by atomic mass is 16.5. The Kier molecular flexibility index (Phi) is 6.43. The highest BCUT2D eigenvalue weighted by Crippen LogP contribution is 2.68. The maximum absolute atomic E-state index is 11.0. The van der Waals surface area contributed by atoms with Gasteiger partial charge in [0.1, 0.15) is 23.4 Å². The van der Waals surface area contributed by atoms with E-state index in [9.17, 15) is 20.4 Å². The summed E-state index contributed by atoms with van der Waals surface area (Å²) in [4.78, 5) is 0. The molecule has 2 aromatic carbocycles. The first-order chi connectivity index (χ1) is 13.7. The smallest absolute Gasteiger partial charge is 0.133 e. The molecule has 0 spiro atoms. The van der Waals surface area contributed by atoms with Gasteiger partial charge in [0.2, 0.25) is 0 Å². The van der Waals surface area contributed by atoms with Crippen LogP contribution in [0.2, 0.25) is 0 Å². The first-order valence-corrected chi connectivity index (χ1v) is 9.79. The van der Waals surface area contributed by atoms with Crippen LogP contribution in [-0.2, 0) is 22.7 Å². The number of benzene rings is 2. The predicted octanol–water partition coefficient (Wildman–Crippen LogP) is 1.64. The fourth-order valence-electron chi connectivity index (χ4n) is 4.20. The van der Waals surface area contributed by atoms with Crippen LogP contribution in [0.3, 0.4) is 0 Å². The second-order valence-corrected chi connectivity index (χ2v) is 8.19. The maximum atomic E-state index is 11.0. The molecular formula is C23H30O6. The molecule has 0 aromatic heterocycles. The zero-order valence-electron chi connectivity index (χ0n) is 16.9. The zero-order valence-corrected chi connectivity index (χ0v) is 16.9. The Labute approximate surface area is 171 Å². The van der Waals surface area contributed by atoms with Gasteiger partial charge in [-0.25, -0.2) is 0 Å². The molecule has 1 aliphatic rings. The number of aliphatic hydroxyl groups excluding tert-OH is 2. The fourth-order valence-corrected chi connectivity index (χ4v) is 4.20. The molecule has 0 aliphatic heterocycles. The molecule has 1 saturated carbocycles. The third-order valence-corrected chi connectivity index (χ3v) is 6.16. The van der Waals surface area contributed by atoms with E-state index in [1.54, 1.807) is 13.8 Å². The Bertz CT molecular complexity index is 715. The molecule has 6 nitrogen and oxygen atoms in total. The lowest BCUT2D eigenvalue weighted by atomic mass is 10.0. The Morgan fingerprint density at radius 3 is 1.38 bits per heavy atom. The molecule has 3 rings (SSSR count). The van der Waals surface area contributed by atoms with Gasteiger partial charge in [-0.3, -0.25) is 0 Å². The van der Waals surface area contributed by atoms with E-state index in [0.29, 0.717) is 0 Å². The van der Waals surface area contributed by atoms with E-state index in [1.807, 2.05) is 60.7 Å². The molecule has 4 atom stereocenters. The van der Waals surface area contributed by atoms with Crippen LogP contribution >= 0.6 is 0 Å². The van der Waals surface area contributed by atoms with Crippen molar-refractivity contribution >= 4 is 0 Å². The average molecular weight is 402 g/mol. The third kappa shape index (κ3) is 3.84. The van der Waals surface area contributed by atoms with Crippen molar-refractivity contribution in [2.24, 2.45) is 5.41 Å². The van der Waals surface area contributed by atoms with Gasteiger partial charge >= 0.3 is 0 Å². The Morgan fingerprint density at radius 2 is 1.03 bits per heavy atom. The van der Waals surface area contributed by atoms with Crippen LogP contribution in [0.4, 0.5) is 0 Å². The molecule has 158 valence electrons. The summed E-state index contributed by atoms with van der Waals surface area (Å²) in [5.41, 5.74) is -3.08. The molecular weight excluding hydrogens is 372 g/mol. The molecule has 6 heteroatoms. The monoisotopic (exact) mass is 402 g/mol. The second-order valence-electron chi connectivity index (χ2n) is 8.19. The molecule has 0 saturated heterocycles. The Hall–Kier alpha value is -1.80. The first-order valence-electron chi connectivity index (χ1n) is 9.79. The van der Waals surface area contributed by atoms with Crippen LogP contribution in [0.1, 0.15) is 25.0 Å². The lowest BCUT2D eigenvalue weighted by Crippen LogP contribution is -2.47.